The Hall–Kier alpha value is -3.79. The lowest BCUT2D eigenvalue weighted by Crippen LogP contribution is -2.35. The molecule has 1 aromatic heterocycles. The van der Waals surface area contributed by atoms with Crippen molar-refractivity contribution in [1.29, 1.82) is 0 Å². The van der Waals surface area contributed by atoms with Gasteiger partial charge in [-0.2, -0.15) is 0 Å². The topological polar surface area (TPSA) is 99.3 Å². The summed E-state index contributed by atoms with van der Waals surface area (Å²) in [4.78, 5) is 17.3. The number of benzene rings is 3. The number of aromatic nitrogens is 4. The molecule has 0 bridgehead atoms. The minimum atomic E-state index is -0.202. The first-order valence-electron chi connectivity index (χ1n) is 13.2. The maximum atomic E-state index is 12.2. The fourth-order valence-corrected chi connectivity index (χ4v) is 5.10. The number of halogens is 1. The van der Waals surface area contributed by atoms with E-state index in [1.54, 1.807) is 0 Å². The third-order valence-electron chi connectivity index (χ3n) is 6.83. The molecule has 2 heterocycles. The lowest BCUT2D eigenvalue weighted by molar-refractivity contribution is -0.115. The molecule has 1 saturated heterocycles. The van der Waals surface area contributed by atoms with Gasteiger partial charge in [-0.25, -0.2) is 5.10 Å². The van der Waals surface area contributed by atoms with Crippen LogP contribution in [0.5, 0.6) is 5.75 Å². The summed E-state index contributed by atoms with van der Waals surface area (Å²) >= 11 is 6.19. The Bertz CT molecular complexity index is 1320. The van der Waals surface area contributed by atoms with Gasteiger partial charge in [0.05, 0.1) is 12.5 Å². The number of carbonyl (C=O) groups is 1. The van der Waals surface area contributed by atoms with Gasteiger partial charge in [0.1, 0.15) is 12.4 Å². The molecule has 39 heavy (non-hydrogen) atoms. The first-order valence-corrected chi connectivity index (χ1v) is 13.5. The Morgan fingerprint density at radius 2 is 1.79 bits per heavy atom. The summed E-state index contributed by atoms with van der Waals surface area (Å²) in [6, 6.07) is 26.7. The largest absolute Gasteiger partial charge is 0.492 e. The molecule has 1 atom stereocenters. The van der Waals surface area contributed by atoms with Gasteiger partial charge in [0.15, 0.2) is 0 Å². The number of anilines is 1. The van der Waals surface area contributed by atoms with Crippen LogP contribution in [0.25, 0.3) is 0 Å². The van der Waals surface area contributed by atoms with Crippen LogP contribution in [0.4, 0.5) is 5.95 Å². The highest BCUT2D eigenvalue weighted by Gasteiger charge is 2.25. The fraction of sp³-hybridized carbons (Fsp3) is 0.310. The molecule has 5 rings (SSSR count). The molecule has 0 saturated carbocycles. The smallest absolute Gasteiger partial charge is 0.246 e. The van der Waals surface area contributed by atoms with Crippen LogP contribution in [0.15, 0.2) is 78.9 Å². The van der Waals surface area contributed by atoms with Crippen LogP contribution in [0.2, 0.25) is 5.02 Å². The normalized spacial score (nSPS) is 15.4. The molecule has 1 aliphatic rings. The number of carbonyl (C=O) groups excluding carboxylic acids is 1. The van der Waals surface area contributed by atoms with Gasteiger partial charge < -0.3 is 4.74 Å². The number of H-pyrrole nitrogens is 1. The van der Waals surface area contributed by atoms with Crippen molar-refractivity contribution >= 4 is 23.5 Å². The summed E-state index contributed by atoms with van der Waals surface area (Å²) in [6.07, 6.45) is 1.29. The number of ether oxygens (including phenoxy) is 1. The molecule has 202 valence electrons. The molecule has 3 aromatic carbocycles. The number of nitrogens with zero attached hydrogens (tertiary/aromatic N) is 5. The Balaban J connectivity index is 1.14. The quantitative estimate of drug-likeness (QED) is 0.308. The summed E-state index contributed by atoms with van der Waals surface area (Å²) in [5, 5.41) is 16.5. The van der Waals surface area contributed by atoms with Crippen molar-refractivity contribution in [3.05, 3.63) is 101 Å². The van der Waals surface area contributed by atoms with Crippen molar-refractivity contribution in [1.82, 2.24) is 30.4 Å². The van der Waals surface area contributed by atoms with Crippen molar-refractivity contribution in [2.24, 2.45) is 0 Å². The molecule has 4 aromatic rings. The van der Waals surface area contributed by atoms with E-state index in [9.17, 15) is 4.79 Å². The maximum Gasteiger partial charge on any atom is 0.246 e. The van der Waals surface area contributed by atoms with Crippen molar-refractivity contribution < 1.29 is 9.53 Å². The van der Waals surface area contributed by atoms with Crippen LogP contribution in [0.3, 0.4) is 0 Å². The molecular formula is C29H32ClN7O2. The van der Waals surface area contributed by atoms with Crippen LogP contribution in [0.1, 0.15) is 29.2 Å². The minimum Gasteiger partial charge on any atom is -0.492 e. The van der Waals surface area contributed by atoms with Gasteiger partial charge in [0.2, 0.25) is 11.9 Å². The summed E-state index contributed by atoms with van der Waals surface area (Å²) in [6.45, 7) is 5.41. The highest BCUT2D eigenvalue weighted by Crippen LogP contribution is 2.30. The maximum absolute atomic E-state index is 12.2. The molecule has 0 spiro atoms. The van der Waals surface area contributed by atoms with Crippen LogP contribution < -0.4 is 10.1 Å². The van der Waals surface area contributed by atoms with E-state index in [1.165, 1.54) is 11.1 Å². The molecule has 9 nitrogen and oxygen atoms in total. The molecule has 10 heteroatoms. The molecule has 0 aliphatic carbocycles. The number of hydrogen-bond acceptors (Lipinski definition) is 7. The molecule has 1 amide bonds. The Morgan fingerprint density at radius 3 is 2.59 bits per heavy atom. The Labute approximate surface area is 233 Å². The number of nitrogens with one attached hydrogen (secondary N) is 2. The number of aromatic amines is 1. The Kier molecular flexibility index (Phi) is 9.16. The summed E-state index contributed by atoms with van der Waals surface area (Å²) in [5.41, 5.74) is 3.41. The minimum absolute atomic E-state index is 0.194. The molecule has 2 N–H and O–H groups in total. The highest BCUT2D eigenvalue weighted by atomic mass is 35.5. The molecule has 1 aliphatic heterocycles. The number of tetrazole rings is 1. The van der Waals surface area contributed by atoms with E-state index in [0.29, 0.717) is 6.61 Å². The van der Waals surface area contributed by atoms with E-state index in [2.05, 4.69) is 78.2 Å². The average Bonchev–Trinajstić information content (AvgIpc) is 3.35. The Morgan fingerprint density at radius 1 is 0.974 bits per heavy atom. The predicted molar refractivity (Wildman–Crippen MR) is 151 cm³/mol. The third kappa shape index (κ3) is 7.63. The lowest BCUT2D eigenvalue weighted by atomic mass is 9.97. The number of amides is 1. The van der Waals surface area contributed by atoms with E-state index in [4.69, 9.17) is 16.3 Å². The van der Waals surface area contributed by atoms with Crippen molar-refractivity contribution in [2.75, 3.05) is 44.6 Å². The van der Waals surface area contributed by atoms with E-state index in [0.717, 1.165) is 55.5 Å². The first kappa shape index (κ1) is 26.8. The second-order valence-electron chi connectivity index (χ2n) is 9.57. The van der Waals surface area contributed by atoms with E-state index in [-0.39, 0.29) is 24.3 Å². The summed E-state index contributed by atoms with van der Waals surface area (Å²) in [5.74, 6) is 0.781. The first-order chi connectivity index (χ1) is 19.1. The zero-order chi connectivity index (χ0) is 26.9. The molecule has 1 fully saturated rings. The standard InChI is InChI=1S/C29H32ClN7O2/c30-25-12-10-24(11-13-25)28(23-7-2-1-3-8-23)37-15-5-14-36(16-17-37)18-19-39-26-9-4-6-22(20-26)21-27(38)31-29-32-34-35-33-29/h1-4,6-13,20,28H,5,14-19,21H2,(H2,31,32,33,34,35,38). The summed E-state index contributed by atoms with van der Waals surface area (Å²) < 4.78 is 6.06. The van der Waals surface area contributed by atoms with Gasteiger partial charge in [-0.15, -0.1) is 0 Å². The summed E-state index contributed by atoms with van der Waals surface area (Å²) in [7, 11) is 0. The van der Waals surface area contributed by atoms with Crippen LogP contribution in [0, 0.1) is 0 Å². The van der Waals surface area contributed by atoms with Crippen LogP contribution >= 0.6 is 11.6 Å². The lowest BCUT2D eigenvalue weighted by Gasteiger charge is -2.31. The highest BCUT2D eigenvalue weighted by molar-refractivity contribution is 6.30. The van der Waals surface area contributed by atoms with Gasteiger partial charge in [-0.1, -0.05) is 71.3 Å². The van der Waals surface area contributed by atoms with Gasteiger partial charge in [0, 0.05) is 31.2 Å². The van der Waals surface area contributed by atoms with Crippen LogP contribution in [-0.2, 0) is 11.2 Å². The average molecular weight is 546 g/mol. The zero-order valence-corrected chi connectivity index (χ0v) is 22.4. The number of rotatable bonds is 10. The van der Waals surface area contributed by atoms with E-state index in [1.807, 2.05) is 36.4 Å². The van der Waals surface area contributed by atoms with E-state index < -0.39 is 0 Å². The van der Waals surface area contributed by atoms with E-state index >= 15 is 0 Å². The van der Waals surface area contributed by atoms with Gasteiger partial charge in [-0.05, 0) is 64.3 Å². The second-order valence-corrected chi connectivity index (χ2v) is 10.0. The van der Waals surface area contributed by atoms with Crippen molar-refractivity contribution in [2.45, 2.75) is 18.9 Å². The molecular weight excluding hydrogens is 514 g/mol. The van der Waals surface area contributed by atoms with Crippen molar-refractivity contribution in [3.8, 4) is 5.75 Å². The molecule has 0 radical (unpaired) electrons. The third-order valence-corrected chi connectivity index (χ3v) is 7.08. The van der Waals surface area contributed by atoms with Gasteiger partial charge >= 0.3 is 0 Å². The zero-order valence-electron chi connectivity index (χ0n) is 21.7. The predicted octanol–water partition coefficient (Wildman–Crippen LogP) is 4.21. The second kappa shape index (κ2) is 13.3. The van der Waals surface area contributed by atoms with Crippen molar-refractivity contribution in [3.63, 3.8) is 0 Å². The molecule has 1 unspecified atom stereocenters. The SMILES string of the molecule is O=C(Cc1cccc(OCCN2CCCN(C(c3ccccc3)c3ccc(Cl)cc3)CC2)c1)Nc1nnn[nH]1. The monoisotopic (exact) mass is 545 g/mol. The van der Waals surface area contributed by atoms with Gasteiger partial charge in [0.25, 0.3) is 0 Å². The number of hydrogen-bond donors (Lipinski definition) is 2. The van der Waals surface area contributed by atoms with Gasteiger partial charge in [-0.3, -0.25) is 19.9 Å². The van der Waals surface area contributed by atoms with Crippen LogP contribution in [-0.4, -0.2) is 75.7 Å². The fourth-order valence-electron chi connectivity index (χ4n) is 4.98.